The Morgan fingerprint density at radius 1 is 1.32 bits per heavy atom. The van der Waals surface area contributed by atoms with Gasteiger partial charge in [-0.05, 0) is 18.1 Å². The molecular weight excluding hydrogens is 240 g/mol. The quantitative estimate of drug-likeness (QED) is 0.881. The lowest BCUT2D eigenvalue weighted by Crippen LogP contribution is -2.41. The molecule has 19 heavy (non-hydrogen) atoms. The predicted octanol–water partition coefficient (Wildman–Crippen LogP) is 1.98. The summed E-state index contributed by atoms with van der Waals surface area (Å²) in [5.41, 5.74) is 1.22. The van der Waals surface area contributed by atoms with Gasteiger partial charge in [0.15, 0.2) is 0 Å². The number of para-hydroxylation sites is 1. The summed E-state index contributed by atoms with van der Waals surface area (Å²) in [6.45, 7) is 3.85. The number of hydrogen-bond donors (Lipinski definition) is 2. The number of aromatic nitrogens is 1. The first kappa shape index (κ1) is 13.5. The number of aliphatic hydroxyl groups excluding tert-OH is 1. The third-order valence-corrected chi connectivity index (χ3v) is 3.20. The van der Waals surface area contributed by atoms with Gasteiger partial charge in [0.05, 0.1) is 23.7 Å². The Bertz CT molecular complexity index is 576. The third-order valence-electron chi connectivity index (χ3n) is 3.20. The van der Waals surface area contributed by atoms with Crippen LogP contribution in [0, 0.1) is 5.92 Å². The van der Waals surface area contributed by atoms with Gasteiger partial charge in [-0.25, -0.2) is 0 Å². The van der Waals surface area contributed by atoms with E-state index in [1.165, 1.54) is 0 Å². The van der Waals surface area contributed by atoms with Gasteiger partial charge in [-0.1, -0.05) is 32.0 Å². The maximum absolute atomic E-state index is 12.3. The normalized spacial score (nSPS) is 12.6. The first-order valence-electron chi connectivity index (χ1n) is 6.39. The number of carbonyl (C=O) groups is 1. The van der Waals surface area contributed by atoms with Crippen molar-refractivity contribution >= 4 is 16.8 Å². The summed E-state index contributed by atoms with van der Waals surface area (Å²) < 4.78 is 0. The average molecular weight is 258 g/mol. The SMILES string of the molecule is CC(C)C(CO)NC(=O)c1cccc2cccnc12. The van der Waals surface area contributed by atoms with Crippen LogP contribution in [0.3, 0.4) is 0 Å². The fourth-order valence-electron chi connectivity index (χ4n) is 1.96. The van der Waals surface area contributed by atoms with Gasteiger partial charge in [0.25, 0.3) is 5.91 Å². The topological polar surface area (TPSA) is 62.2 Å². The molecule has 4 heteroatoms. The maximum atomic E-state index is 12.3. The highest BCUT2D eigenvalue weighted by Gasteiger charge is 2.17. The molecule has 4 nitrogen and oxygen atoms in total. The number of aliphatic hydroxyl groups is 1. The number of pyridine rings is 1. The largest absolute Gasteiger partial charge is 0.394 e. The van der Waals surface area contributed by atoms with Crippen molar-refractivity contribution in [3.63, 3.8) is 0 Å². The number of amides is 1. The number of nitrogens with zero attached hydrogens (tertiary/aromatic N) is 1. The number of benzene rings is 1. The molecule has 0 bridgehead atoms. The van der Waals surface area contributed by atoms with Gasteiger partial charge in [-0.15, -0.1) is 0 Å². The lowest BCUT2D eigenvalue weighted by atomic mass is 10.0. The van der Waals surface area contributed by atoms with Crippen LogP contribution in [0.15, 0.2) is 36.5 Å². The molecule has 1 aromatic heterocycles. The molecule has 1 unspecified atom stereocenters. The lowest BCUT2D eigenvalue weighted by molar-refractivity contribution is 0.0898. The Balaban J connectivity index is 2.31. The molecule has 0 saturated heterocycles. The molecule has 2 N–H and O–H groups in total. The molecule has 0 saturated carbocycles. The van der Waals surface area contributed by atoms with E-state index in [2.05, 4.69) is 10.3 Å². The Hall–Kier alpha value is -1.94. The summed E-state index contributed by atoms with van der Waals surface area (Å²) in [7, 11) is 0. The molecule has 0 spiro atoms. The maximum Gasteiger partial charge on any atom is 0.253 e. The van der Waals surface area contributed by atoms with Crippen LogP contribution in [0.1, 0.15) is 24.2 Å². The van der Waals surface area contributed by atoms with Crippen LogP contribution in [0.2, 0.25) is 0 Å². The van der Waals surface area contributed by atoms with Crippen molar-refractivity contribution in [3.8, 4) is 0 Å². The molecule has 1 aromatic carbocycles. The fourth-order valence-corrected chi connectivity index (χ4v) is 1.96. The van der Waals surface area contributed by atoms with E-state index < -0.39 is 0 Å². The third kappa shape index (κ3) is 2.90. The first-order valence-corrected chi connectivity index (χ1v) is 6.39. The Morgan fingerprint density at radius 3 is 2.74 bits per heavy atom. The zero-order valence-corrected chi connectivity index (χ0v) is 11.1. The number of nitrogens with one attached hydrogen (secondary N) is 1. The van der Waals surface area contributed by atoms with E-state index in [4.69, 9.17) is 0 Å². The second-order valence-electron chi connectivity index (χ2n) is 4.89. The predicted molar refractivity (Wildman–Crippen MR) is 74.9 cm³/mol. The minimum absolute atomic E-state index is 0.0679. The van der Waals surface area contributed by atoms with E-state index in [9.17, 15) is 9.90 Å². The van der Waals surface area contributed by atoms with Gasteiger partial charge in [0.2, 0.25) is 0 Å². The lowest BCUT2D eigenvalue weighted by Gasteiger charge is -2.20. The van der Waals surface area contributed by atoms with E-state index in [0.29, 0.717) is 11.1 Å². The van der Waals surface area contributed by atoms with Crippen molar-refractivity contribution in [2.24, 2.45) is 5.92 Å². The summed E-state index contributed by atoms with van der Waals surface area (Å²) in [6, 6.07) is 9.03. The molecule has 2 aromatic rings. The van der Waals surface area contributed by atoms with Gasteiger partial charge in [-0.3, -0.25) is 9.78 Å². The summed E-state index contributed by atoms with van der Waals surface area (Å²) in [5.74, 6) is -0.0195. The van der Waals surface area contributed by atoms with Crippen molar-refractivity contribution < 1.29 is 9.90 Å². The van der Waals surface area contributed by atoms with Gasteiger partial charge >= 0.3 is 0 Å². The number of fused-ring (bicyclic) bond motifs is 1. The van der Waals surface area contributed by atoms with Crippen LogP contribution in [-0.2, 0) is 0 Å². The van der Waals surface area contributed by atoms with Crippen LogP contribution in [0.4, 0.5) is 0 Å². The van der Waals surface area contributed by atoms with E-state index in [0.717, 1.165) is 5.39 Å². The smallest absolute Gasteiger partial charge is 0.253 e. The molecule has 1 amide bonds. The van der Waals surface area contributed by atoms with Crippen LogP contribution in [0.5, 0.6) is 0 Å². The zero-order chi connectivity index (χ0) is 13.8. The molecule has 100 valence electrons. The van der Waals surface area contributed by atoms with E-state index in [1.807, 2.05) is 38.1 Å². The molecule has 0 aliphatic carbocycles. The zero-order valence-electron chi connectivity index (χ0n) is 11.1. The highest BCUT2D eigenvalue weighted by atomic mass is 16.3. The van der Waals surface area contributed by atoms with Crippen LogP contribution < -0.4 is 5.32 Å². The molecule has 1 atom stereocenters. The minimum Gasteiger partial charge on any atom is -0.394 e. The van der Waals surface area contributed by atoms with Crippen molar-refractivity contribution in [3.05, 3.63) is 42.1 Å². The van der Waals surface area contributed by atoms with Crippen molar-refractivity contribution in [2.45, 2.75) is 19.9 Å². The van der Waals surface area contributed by atoms with E-state index in [-0.39, 0.29) is 24.5 Å². The molecular formula is C15H18N2O2. The van der Waals surface area contributed by atoms with Crippen LogP contribution in [0.25, 0.3) is 10.9 Å². The second-order valence-corrected chi connectivity index (χ2v) is 4.89. The highest BCUT2D eigenvalue weighted by Crippen LogP contribution is 2.16. The second kappa shape index (κ2) is 5.80. The molecule has 0 fully saturated rings. The van der Waals surface area contributed by atoms with Gasteiger partial charge in [0.1, 0.15) is 0 Å². The summed E-state index contributed by atoms with van der Waals surface area (Å²) in [5, 5.41) is 13.1. The monoisotopic (exact) mass is 258 g/mol. The first-order chi connectivity index (χ1) is 9.13. The van der Waals surface area contributed by atoms with Gasteiger partial charge in [-0.2, -0.15) is 0 Å². The fraction of sp³-hybridized carbons (Fsp3) is 0.333. The summed E-state index contributed by atoms with van der Waals surface area (Å²) >= 11 is 0. The number of hydrogen-bond acceptors (Lipinski definition) is 3. The van der Waals surface area contributed by atoms with E-state index in [1.54, 1.807) is 12.3 Å². The highest BCUT2D eigenvalue weighted by molar-refractivity contribution is 6.05. The van der Waals surface area contributed by atoms with Crippen LogP contribution >= 0.6 is 0 Å². The molecule has 2 rings (SSSR count). The van der Waals surface area contributed by atoms with E-state index >= 15 is 0 Å². The van der Waals surface area contributed by atoms with Crippen molar-refractivity contribution in [1.29, 1.82) is 0 Å². The molecule has 1 heterocycles. The minimum atomic E-state index is -0.244. The summed E-state index contributed by atoms with van der Waals surface area (Å²) in [4.78, 5) is 16.5. The summed E-state index contributed by atoms with van der Waals surface area (Å²) in [6.07, 6.45) is 1.67. The Kier molecular flexibility index (Phi) is 4.12. The molecule has 0 aliphatic rings. The number of rotatable bonds is 4. The molecule has 0 aliphatic heterocycles. The standard InChI is InChI=1S/C15H18N2O2/c1-10(2)13(9-18)17-15(19)12-7-3-5-11-6-4-8-16-14(11)12/h3-8,10,13,18H,9H2,1-2H3,(H,17,19). The van der Waals surface area contributed by atoms with Crippen molar-refractivity contribution in [1.82, 2.24) is 10.3 Å². The molecule has 0 radical (unpaired) electrons. The van der Waals surface area contributed by atoms with Crippen molar-refractivity contribution in [2.75, 3.05) is 6.61 Å². The average Bonchev–Trinajstić information content (AvgIpc) is 2.43. The Labute approximate surface area is 112 Å². The van der Waals surface area contributed by atoms with Gasteiger partial charge in [0, 0.05) is 11.6 Å². The van der Waals surface area contributed by atoms with Crippen LogP contribution in [-0.4, -0.2) is 28.6 Å². The number of carbonyl (C=O) groups excluding carboxylic acids is 1. The van der Waals surface area contributed by atoms with Gasteiger partial charge < -0.3 is 10.4 Å². The Morgan fingerprint density at radius 2 is 2.05 bits per heavy atom.